The molecular formula is C21H31ClN2O3. The number of likely N-dealkylation sites (N-methyl/N-ethyl adjacent to an activating group) is 1. The zero-order valence-electron chi connectivity index (χ0n) is 16.6. The van der Waals surface area contributed by atoms with E-state index in [0.29, 0.717) is 12.8 Å². The second-order valence-electron chi connectivity index (χ2n) is 7.70. The third-order valence-electron chi connectivity index (χ3n) is 5.66. The summed E-state index contributed by atoms with van der Waals surface area (Å²) in [6.07, 6.45) is 6.12. The lowest BCUT2D eigenvalue weighted by atomic mass is 9.75. The third-order valence-corrected chi connectivity index (χ3v) is 5.90. The van der Waals surface area contributed by atoms with Crippen LogP contribution < -0.4 is 5.32 Å². The highest BCUT2D eigenvalue weighted by molar-refractivity contribution is 6.30. The molecule has 0 aliphatic heterocycles. The summed E-state index contributed by atoms with van der Waals surface area (Å²) in [5.41, 5.74) is 1.35. The number of esters is 1. The van der Waals surface area contributed by atoms with Gasteiger partial charge in [0.05, 0.1) is 7.11 Å². The molecule has 1 aromatic carbocycles. The predicted molar refractivity (Wildman–Crippen MR) is 108 cm³/mol. The summed E-state index contributed by atoms with van der Waals surface area (Å²) in [7, 11) is 5.64. The average molecular weight is 395 g/mol. The summed E-state index contributed by atoms with van der Waals surface area (Å²) in [5, 5.41) is 3.90. The number of carbonyl (C=O) groups is 2. The molecular weight excluding hydrogens is 364 g/mol. The third kappa shape index (κ3) is 6.51. The van der Waals surface area contributed by atoms with Gasteiger partial charge in [-0.2, -0.15) is 0 Å². The van der Waals surface area contributed by atoms with Crippen LogP contribution in [0.15, 0.2) is 24.3 Å². The molecule has 2 rings (SSSR count). The Labute approximate surface area is 167 Å². The number of rotatable bonds is 8. The van der Waals surface area contributed by atoms with Crippen LogP contribution in [0.25, 0.3) is 0 Å². The van der Waals surface area contributed by atoms with Crippen molar-refractivity contribution >= 4 is 23.5 Å². The molecule has 0 unspecified atom stereocenters. The van der Waals surface area contributed by atoms with Crippen molar-refractivity contribution in [1.82, 2.24) is 10.2 Å². The van der Waals surface area contributed by atoms with Gasteiger partial charge >= 0.3 is 5.97 Å². The summed E-state index contributed by atoms with van der Waals surface area (Å²) in [5.74, 6) is -0.242. The van der Waals surface area contributed by atoms with E-state index in [1.807, 2.05) is 18.2 Å². The van der Waals surface area contributed by atoms with Gasteiger partial charge in [-0.1, -0.05) is 23.7 Å². The number of carbonyl (C=O) groups excluding carboxylic acids is 2. The lowest BCUT2D eigenvalue weighted by molar-refractivity contribution is -0.140. The van der Waals surface area contributed by atoms with Crippen molar-refractivity contribution in [3.8, 4) is 0 Å². The van der Waals surface area contributed by atoms with E-state index in [2.05, 4.69) is 35.1 Å². The monoisotopic (exact) mass is 394 g/mol. The normalized spacial score (nSPS) is 22.5. The first-order valence-electron chi connectivity index (χ1n) is 9.63. The number of benzene rings is 1. The van der Waals surface area contributed by atoms with Crippen LogP contribution in [-0.4, -0.2) is 49.6 Å². The average Bonchev–Trinajstić information content (AvgIpc) is 2.63. The van der Waals surface area contributed by atoms with Crippen LogP contribution in [0.2, 0.25) is 5.02 Å². The van der Waals surface area contributed by atoms with Gasteiger partial charge in [0, 0.05) is 29.4 Å². The van der Waals surface area contributed by atoms with E-state index in [9.17, 15) is 9.59 Å². The molecule has 0 spiro atoms. The molecule has 1 amide bonds. The lowest BCUT2D eigenvalue weighted by Crippen LogP contribution is -2.52. The van der Waals surface area contributed by atoms with E-state index in [1.54, 1.807) is 0 Å². The minimum atomic E-state index is -0.266. The summed E-state index contributed by atoms with van der Waals surface area (Å²) >= 11 is 6.15. The largest absolute Gasteiger partial charge is 0.469 e. The van der Waals surface area contributed by atoms with Crippen molar-refractivity contribution in [2.75, 3.05) is 21.2 Å². The topological polar surface area (TPSA) is 58.6 Å². The fourth-order valence-electron chi connectivity index (χ4n) is 3.90. The number of amides is 1. The molecule has 0 aromatic heterocycles. The highest BCUT2D eigenvalue weighted by Gasteiger charge is 2.37. The minimum absolute atomic E-state index is 0.0242. The molecule has 0 radical (unpaired) electrons. The van der Waals surface area contributed by atoms with E-state index >= 15 is 0 Å². The van der Waals surface area contributed by atoms with Crippen LogP contribution in [0, 0.1) is 0 Å². The van der Waals surface area contributed by atoms with Crippen molar-refractivity contribution in [3.05, 3.63) is 34.9 Å². The number of nitrogens with zero attached hydrogens (tertiary/aromatic N) is 1. The van der Waals surface area contributed by atoms with Crippen LogP contribution in [-0.2, 0) is 20.7 Å². The SMILES string of the molecule is COC(=O)CCCC(=O)NC1CCC(Cc2cccc(Cl)c2)(N(C)C)CC1. The Balaban J connectivity index is 1.85. The molecule has 0 heterocycles. The van der Waals surface area contributed by atoms with E-state index < -0.39 is 0 Å². The number of halogens is 1. The summed E-state index contributed by atoms with van der Waals surface area (Å²) < 4.78 is 4.60. The van der Waals surface area contributed by atoms with Crippen molar-refractivity contribution in [1.29, 1.82) is 0 Å². The van der Waals surface area contributed by atoms with Gasteiger partial charge in [-0.05, 0) is 70.3 Å². The summed E-state index contributed by atoms with van der Waals surface area (Å²) in [6.45, 7) is 0. The van der Waals surface area contributed by atoms with E-state index in [0.717, 1.165) is 37.1 Å². The van der Waals surface area contributed by atoms with Gasteiger partial charge in [0.2, 0.25) is 5.91 Å². The highest BCUT2D eigenvalue weighted by Crippen LogP contribution is 2.35. The van der Waals surface area contributed by atoms with Crippen LogP contribution in [0.1, 0.15) is 50.5 Å². The van der Waals surface area contributed by atoms with Crippen molar-refractivity contribution in [2.45, 2.75) is 62.9 Å². The Hall–Kier alpha value is -1.59. The Morgan fingerprint density at radius 1 is 1.26 bits per heavy atom. The second-order valence-corrected chi connectivity index (χ2v) is 8.13. The van der Waals surface area contributed by atoms with Gasteiger partial charge in [0.15, 0.2) is 0 Å². The molecule has 0 bridgehead atoms. The molecule has 1 aliphatic rings. The van der Waals surface area contributed by atoms with Crippen LogP contribution in [0.4, 0.5) is 0 Å². The van der Waals surface area contributed by atoms with Crippen LogP contribution in [0.5, 0.6) is 0 Å². The summed E-state index contributed by atoms with van der Waals surface area (Å²) in [6, 6.07) is 8.29. The maximum Gasteiger partial charge on any atom is 0.305 e. The van der Waals surface area contributed by atoms with Gasteiger partial charge < -0.3 is 15.0 Å². The molecule has 0 saturated heterocycles. The lowest BCUT2D eigenvalue weighted by Gasteiger charge is -2.45. The van der Waals surface area contributed by atoms with E-state index in [1.165, 1.54) is 12.7 Å². The first-order chi connectivity index (χ1) is 12.8. The van der Waals surface area contributed by atoms with Gasteiger partial charge in [-0.25, -0.2) is 0 Å². The van der Waals surface area contributed by atoms with Gasteiger partial charge in [-0.15, -0.1) is 0 Å². The quantitative estimate of drug-likeness (QED) is 0.684. The Bertz CT molecular complexity index is 640. The number of ether oxygens (including phenoxy) is 1. The first kappa shape index (κ1) is 21.7. The zero-order chi connectivity index (χ0) is 19.9. The first-order valence-corrected chi connectivity index (χ1v) is 10.0. The molecule has 27 heavy (non-hydrogen) atoms. The van der Waals surface area contributed by atoms with Crippen molar-refractivity contribution in [3.63, 3.8) is 0 Å². The molecule has 1 saturated carbocycles. The standard InChI is InChI=1S/C21H31ClN2O3/c1-24(2)21(15-16-6-4-7-17(22)14-16)12-10-18(11-13-21)23-19(25)8-5-9-20(26)27-3/h4,6-7,14,18H,5,8-13,15H2,1-3H3,(H,23,25). The van der Waals surface area contributed by atoms with Crippen molar-refractivity contribution in [2.24, 2.45) is 0 Å². The molecule has 1 N–H and O–H groups in total. The molecule has 0 atom stereocenters. The second kappa shape index (κ2) is 10.1. The van der Waals surface area contributed by atoms with Crippen molar-refractivity contribution < 1.29 is 14.3 Å². The predicted octanol–water partition coefficient (Wildman–Crippen LogP) is 3.59. The number of hydrogen-bond donors (Lipinski definition) is 1. The molecule has 1 aliphatic carbocycles. The van der Waals surface area contributed by atoms with Crippen LogP contribution >= 0.6 is 11.6 Å². The Kier molecular flexibility index (Phi) is 8.11. The Morgan fingerprint density at radius 3 is 2.56 bits per heavy atom. The molecule has 6 heteroatoms. The maximum absolute atomic E-state index is 12.1. The van der Waals surface area contributed by atoms with E-state index in [-0.39, 0.29) is 29.9 Å². The fraction of sp³-hybridized carbons (Fsp3) is 0.619. The molecule has 150 valence electrons. The number of hydrogen-bond acceptors (Lipinski definition) is 4. The zero-order valence-corrected chi connectivity index (χ0v) is 17.3. The number of methoxy groups -OCH3 is 1. The number of nitrogens with one attached hydrogen (secondary N) is 1. The molecule has 1 aromatic rings. The maximum atomic E-state index is 12.1. The molecule has 5 nitrogen and oxygen atoms in total. The Morgan fingerprint density at radius 2 is 1.96 bits per heavy atom. The smallest absolute Gasteiger partial charge is 0.305 e. The van der Waals surface area contributed by atoms with E-state index in [4.69, 9.17) is 11.6 Å². The van der Waals surface area contributed by atoms with Gasteiger partial charge in [0.25, 0.3) is 0 Å². The summed E-state index contributed by atoms with van der Waals surface area (Å²) in [4.78, 5) is 25.6. The highest BCUT2D eigenvalue weighted by atomic mass is 35.5. The fourth-order valence-corrected chi connectivity index (χ4v) is 4.12. The van der Waals surface area contributed by atoms with Gasteiger partial charge in [0.1, 0.15) is 0 Å². The minimum Gasteiger partial charge on any atom is -0.469 e. The molecule has 1 fully saturated rings. The van der Waals surface area contributed by atoms with Gasteiger partial charge in [-0.3, -0.25) is 9.59 Å². The van der Waals surface area contributed by atoms with Crippen LogP contribution in [0.3, 0.4) is 0 Å².